The Morgan fingerprint density at radius 2 is 1.89 bits per heavy atom. The van der Waals surface area contributed by atoms with Crippen molar-refractivity contribution in [2.75, 3.05) is 6.79 Å². The van der Waals surface area contributed by atoms with Crippen molar-refractivity contribution in [3.8, 4) is 11.5 Å². The van der Waals surface area contributed by atoms with Crippen molar-refractivity contribution in [2.24, 2.45) is 0 Å². The zero-order valence-corrected chi connectivity index (χ0v) is 11.8. The summed E-state index contributed by atoms with van der Waals surface area (Å²) in [5, 5.41) is 10.3. The number of fused-ring (bicyclic) bond motifs is 1. The number of aliphatic hydroxyl groups excluding tert-OH is 1. The lowest BCUT2D eigenvalue weighted by Crippen LogP contribution is -2.02. The summed E-state index contributed by atoms with van der Waals surface area (Å²) in [4.78, 5) is 0. The van der Waals surface area contributed by atoms with Gasteiger partial charge in [-0.3, -0.25) is 0 Å². The molecule has 1 atom stereocenters. The van der Waals surface area contributed by atoms with Gasteiger partial charge in [0.15, 0.2) is 11.5 Å². The Kier molecular flexibility index (Phi) is 3.44. The molecular formula is C15H13BrO3. The van der Waals surface area contributed by atoms with Crippen LogP contribution in [0.25, 0.3) is 0 Å². The lowest BCUT2D eigenvalue weighted by Gasteiger charge is -2.12. The van der Waals surface area contributed by atoms with Gasteiger partial charge in [0.25, 0.3) is 0 Å². The van der Waals surface area contributed by atoms with Crippen LogP contribution in [0.1, 0.15) is 17.2 Å². The Hall–Kier alpha value is -1.52. The molecule has 1 aliphatic rings. The fourth-order valence-corrected chi connectivity index (χ4v) is 2.56. The quantitative estimate of drug-likeness (QED) is 0.941. The van der Waals surface area contributed by atoms with E-state index in [4.69, 9.17) is 9.47 Å². The van der Waals surface area contributed by atoms with Crippen LogP contribution in [-0.4, -0.2) is 11.9 Å². The molecule has 1 heterocycles. The maximum absolute atomic E-state index is 10.3. The van der Waals surface area contributed by atoms with E-state index in [1.807, 2.05) is 42.5 Å². The molecule has 1 unspecified atom stereocenters. The van der Waals surface area contributed by atoms with E-state index >= 15 is 0 Å². The second kappa shape index (κ2) is 5.23. The number of hydrogen-bond acceptors (Lipinski definition) is 3. The molecule has 0 amide bonds. The molecule has 0 aliphatic carbocycles. The van der Waals surface area contributed by atoms with Gasteiger partial charge < -0.3 is 14.6 Å². The zero-order valence-electron chi connectivity index (χ0n) is 10.2. The summed E-state index contributed by atoms with van der Waals surface area (Å²) in [7, 11) is 0. The van der Waals surface area contributed by atoms with Crippen molar-refractivity contribution in [1.29, 1.82) is 0 Å². The highest BCUT2D eigenvalue weighted by Crippen LogP contribution is 2.35. The third kappa shape index (κ3) is 2.60. The van der Waals surface area contributed by atoms with Crippen molar-refractivity contribution in [2.45, 2.75) is 12.5 Å². The van der Waals surface area contributed by atoms with Crippen LogP contribution < -0.4 is 9.47 Å². The number of ether oxygens (including phenoxy) is 2. The van der Waals surface area contributed by atoms with E-state index in [-0.39, 0.29) is 6.79 Å². The molecule has 0 aromatic heterocycles. The first-order chi connectivity index (χ1) is 9.24. The van der Waals surface area contributed by atoms with Crippen LogP contribution in [0.15, 0.2) is 46.9 Å². The Morgan fingerprint density at radius 3 is 2.74 bits per heavy atom. The molecule has 0 radical (unpaired) electrons. The van der Waals surface area contributed by atoms with E-state index < -0.39 is 6.10 Å². The number of hydrogen-bond donors (Lipinski definition) is 1. The molecule has 3 rings (SSSR count). The number of halogens is 1. The highest BCUT2D eigenvalue weighted by Gasteiger charge is 2.17. The topological polar surface area (TPSA) is 38.7 Å². The van der Waals surface area contributed by atoms with E-state index in [1.165, 1.54) is 0 Å². The van der Waals surface area contributed by atoms with Gasteiger partial charge in [-0.2, -0.15) is 0 Å². The van der Waals surface area contributed by atoms with Gasteiger partial charge in [-0.15, -0.1) is 0 Å². The van der Waals surface area contributed by atoms with Gasteiger partial charge in [-0.05, 0) is 29.3 Å². The van der Waals surface area contributed by atoms with Crippen molar-refractivity contribution in [3.63, 3.8) is 0 Å². The van der Waals surface area contributed by atoms with Crippen LogP contribution in [0, 0.1) is 0 Å². The molecule has 0 bridgehead atoms. The SMILES string of the molecule is OC(Cc1ccccc1Br)c1ccc2c(c1)OCO2. The second-order valence-corrected chi connectivity index (χ2v) is 5.28. The van der Waals surface area contributed by atoms with Gasteiger partial charge in [0.1, 0.15) is 0 Å². The highest BCUT2D eigenvalue weighted by molar-refractivity contribution is 9.10. The summed E-state index contributed by atoms with van der Waals surface area (Å²) >= 11 is 3.49. The molecule has 19 heavy (non-hydrogen) atoms. The van der Waals surface area contributed by atoms with Gasteiger partial charge in [0.2, 0.25) is 6.79 Å². The van der Waals surface area contributed by atoms with Crippen LogP contribution in [-0.2, 0) is 6.42 Å². The van der Waals surface area contributed by atoms with Crippen LogP contribution in [0.4, 0.5) is 0 Å². The number of rotatable bonds is 3. The standard InChI is InChI=1S/C15H13BrO3/c16-12-4-2-1-3-10(12)7-13(17)11-5-6-14-15(8-11)19-9-18-14/h1-6,8,13,17H,7,9H2. The van der Waals surface area contributed by atoms with Gasteiger partial charge in [-0.25, -0.2) is 0 Å². The van der Waals surface area contributed by atoms with Gasteiger partial charge in [0, 0.05) is 10.9 Å². The van der Waals surface area contributed by atoms with Crippen molar-refractivity contribution < 1.29 is 14.6 Å². The minimum atomic E-state index is -0.562. The molecule has 0 spiro atoms. The van der Waals surface area contributed by atoms with E-state index in [2.05, 4.69) is 15.9 Å². The van der Waals surface area contributed by atoms with E-state index in [1.54, 1.807) is 0 Å². The molecule has 1 aliphatic heterocycles. The molecule has 98 valence electrons. The first-order valence-electron chi connectivity index (χ1n) is 6.05. The predicted octanol–water partition coefficient (Wildman–Crippen LogP) is 3.45. The Labute approximate surface area is 119 Å². The maximum Gasteiger partial charge on any atom is 0.231 e. The molecule has 0 fully saturated rings. The van der Waals surface area contributed by atoms with E-state index in [0.717, 1.165) is 21.3 Å². The fourth-order valence-electron chi connectivity index (χ4n) is 2.11. The smallest absolute Gasteiger partial charge is 0.231 e. The van der Waals surface area contributed by atoms with Gasteiger partial charge in [0.05, 0.1) is 6.10 Å². The lowest BCUT2D eigenvalue weighted by molar-refractivity contribution is 0.171. The molecule has 1 N–H and O–H groups in total. The molecule has 2 aromatic rings. The summed E-state index contributed by atoms with van der Waals surface area (Å²) in [5.74, 6) is 1.43. The Morgan fingerprint density at radius 1 is 1.11 bits per heavy atom. The Balaban J connectivity index is 1.81. The van der Waals surface area contributed by atoms with E-state index in [9.17, 15) is 5.11 Å². The first kappa shape index (κ1) is 12.5. The predicted molar refractivity (Wildman–Crippen MR) is 75.4 cm³/mol. The third-order valence-corrected chi connectivity index (χ3v) is 3.93. The largest absolute Gasteiger partial charge is 0.454 e. The zero-order chi connectivity index (χ0) is 13.2. The second-order valence-electron chi connectivity index (χ2n) is 4.42. The first-order valence-corrected chi connectivity index (χ1v) is 6.84. The minimum absolute atomic E-state index is 0.249. The van der Waals surface area contributed by atoms with Crippen molar-refractivity contribution >= 4 is 15.9 Å². The number of benzene rings is 2. The molecule has 3 nitrogen and oxygen atoms in total. The maximum atomic E-state index is 10.3. The molecule has 0 saturated heterocycles. The average molecular weight is 321 g/mol. The van der Waals surface area contributed by atoms with Gasteiger partial charge >= 0.3 is 0 Å². The number of aliphatic hydroxyl groups is 1. The minimum Gasteiger partial charge on any atom is -0.454 e. The van der Waals surface area contributed by atoms with E-state index in [0.29, 0.717) is 12.2 Å². The van der Waals surface area contributed by atoms with Crippen LogP contribution in [0.2, 0.25) is 0 Å². The molecule has 0 saturated carbocycles. The Bertz CT molecular complexity index is 598. The molecule has 4 heteroatoms. The van der Waals surface area contributed by atoms with Gasteiger partial charge in [-0.1, -0.05) is 40.2 Å². The lowest BCUT2D eigenvalue weighted by atomic mass is 10.0. The summed E-state index contributed by atoms with van der Waals surface area (Å²) in [6, 6.07) is 13.4. The molecular weight excluding hydrogens is 308 g/mol. The summed E-state index contributed by atoms with van der Waals surface area (Å²) in [6.07, 6.45) is -0.00524. The van der Waals surface area contributed by atoms with Crippen LogP contribution >= 0.6 is 15.9 Å². The molecule has 2 aromatic carbocycles. The normalized spacial score (nSPS) is 14.4. The average Bonchev–Trinajstić information content (AvgIpc) is 2.88. The summed E-state index contributed by atoms with van der Waals surface area (Å²) in [5.41, 5.74) is 1.91. The summed E-state index contributed by atoms with van der Waals surface area (Å²) in [6.45, 7) is 0.249. The highest BCUT2D eigenvalue weighted by atomic mass is 79.9. The summed E-state index contributed by atoms with van der Waals surface area (Å²) < 4.78 is 11.6. The van der Waals surface area contributed by atoms with Crippen LogP contribution in [0.3, 0.4) is 0 Å². The monoisotopic (exact) mass is 320 g/mol. The van der Waals surface area contributed by atoms with Crippen molar-refractivity contribution in [3.05, 3.63) is 58.1 Å². The fraction of sp³-hybridized carbons (Fsp3) is 0.200. The third-order valence-electron chi connectivity index (χ3n) is 3.15. The van der Waals surface area contributed by atoms with Crippen molar-refractivity contribution in [1.82, 2.24) is 0 Å². The van der Waals surface area contributed by atoms with Crippen LogP contribution in [0.5, 0.6) is 11.5 Å².